The van der Waals surface area contributed by atoms with Crippen LogP contribution in [0.3, 0.4) is 0 Å². The number of rotatable bonds is 5. The topological polar surface area (TPSA) is 42.4 Å². The third-order valence-electron chi connectivity index (χ3n) is 4.05. The molecule has 122 valence electrons. The fourth-order valence-corrected chi connectivity index (χ4v) is 2.76. The maximum absolute atomic E-state index is 11.2. The van der Waals surface area contributed by atoms with Crippen molar-refractivity contribution in [2.75, 3.05) is 7.05 Å². The van der Waals surface area contributed by atoms with E-state index in [4.69, 9.17) is 4.74 Å². The van der Waals surface area contributed by atoms with Crippen LogP contribution < -0.4 is 4.74 Å². The summed E-state index contributed by atoms with van der Waals surface area (Å²) in [6.07, 6.45) is 3.64. The van der Waals surface area contributed by atoms with E-state index >= 15 is 0 Å². The smallest absolute Gasteiger partial charge is 0.308 e. The van der Waals surface area contributed by atoms with Gasteiger partial charge in [-0.1, -0.05) is 12.1 Å². The lowest BCUT2D eigenvalue weighted by atomic mass is 10.0. The van der Waals surface area contributed by atoms with E-state index in [1.54, 1.807) is 0 Å². The molecule has 2 rings (SSSR count). The normalized spacial score (nSPS) is 12.3. The van der Waals surface area contributed by atoms with E-state index in [0.29, 0.717) is 11.8 Å². The molecule has 0 saturated heterocycles. The van der Waals surface area contributed by atoms with E-state index in [-0.39, 0.29) is 5.97 Å². The lowest BCUT2D eigenvalue weighted by Gasteiger charge is -2.25. The molecule has 0 fully saturated rings. The zero-order valence-corrected chi connectivity index (χ0v) is 14.5. The Morgan fingerprint density at radius 3 is 2.30 bits per heavy atom. The molecule has 0 unspecified atom stereocenters. The van der Waals surface area contributed by atoms with Crippen LogP contribution in [0.15, 0.2) is 36.7 Å². The van der Waals surface area contributed by atoms with Crippen LogP contribution in [0.1, 0.15) is 42.1 Å². The van der Waals surface area contributed by atoms with E-state index in [1.165, 1.54) is 18.1 Å². The fourth-order valence-electron chi connectivity index (χ4n) is 2.76. The average molecular weight is 312 g/mol. The van der Waals surface area contributed by atoms with Crippen LogP contribution in [0.2, 0.25) is 0 Å². The number of carbonyl (C=O) groups excluding carboxylic acids is 1. The van der Waals surface area contributed by atoms with Crippen molar-refractivity contribution in [2.24, 2.45) is 0 Å². The molecule has 0 radical (unpaired) electrons. The SMILES string of the molecule is CC(=O)Oc1c(C)cc(CN(C)[C@H](C)c2ccncc2)cc1C. The Bertz CT molecular complexity index is 660. The molecule has 1 aromatic carbocycles. The van der Waals surface area contributed by atoms with Gasteiger partial charge in [0.25, 0.3) is 0 Å². The van der Waals surface area contributed by atoms with E-state index < -0.39 is 0 Å². The molecule has 0 saturated carbocycles. The van der Waals surface area contributed by atoms with Crippen molar-refractivity contribution in [3.05, 3.63) is 58.9 Å². The minimum atomic E-state index is -0.285. The average Bonchev–Trinajstić information content (AvgIpc) is 2.51. The fraction of sp³-hybridized carbons (Fsp3) is 0.368. The van der Waals surface area contributed by atoms with E-state index in [0.717, 1.165) is 17.7 Å². The first kappa shape index (κ1) is 17.2. The Hall–Kier alpha value is -2.20. The molecule has 0 N–H and O–H groups in total. The summed E-state index contributed by atoms with van der Waals surface area (Å²) in [6.45, 7) is 8.38. The molecule has 1 heterocycles. The van der Waals surface area contributed by atoms with E-state index in [2.05, 4.69) is 36.0 Å². The van der Waals surface area contributed by atoms with Gasteiger partial charge >= 0.3 is 5.97 Å². The van der Waals surface area contributed by atoms with Crippen molar-refractivity contribution in [3.8, 4) is 5.75 Å². The molecule has 0 aliphatic rings. The van der Waals surface area contributed by atoms with Gasteiger partial charge in [-0.05, 0) is 62.2 Å². The van der Waals surface area contributed by atoms with Crippen LogP contribution in [0.25, 0.3) is 0 Å². The summed E-state index contributed by atoms with van der Waals surface area (Å²) in [4.78, 5) is 17.5. The highest BCUT2D eigenvalue weighted by Gasteiger charge is 2.14. The van der Waals surface area contributed by atoms with Gasteiger partial charge in [0.1, 0.15) is 5.75 Å². The van der Waals surface area contributed by atoms with Crippen LogP contribution in [0, 0.1) is 13.8 Å². The molecule has 0 amide bonds. The zero-order chi connectivity index (χ0) is 17.0. The number of aromatic nitrogens is 1. The van der Waals surface area contributed by atoms with Crippen molar-refractivity contribution in [2.45, 2.75) is 40.3 Å². The molecule has 0 aliphatic carbocycles. The predicted molar refractivity (Wildman–Crippen MR) is 91.3 cm³/mol. The monoisotopic (exact) mass is 312 g/mol. The molecule has 1 aromatic heterocycles. The first-order valence-electron chi connectivity index (χ1n) is 7.77. The second kappa shape index (κ2) is 7.38. The van der Waals surface area contributed by atoms with Crippen LogP contribution in [-0.4, -0.2) is 22.9 Å². The first-order valence-corrected chi connectivity index (χ1v) is 7.77. The van der Waals surface area contributed by atoms with Gasteiger partial charge in [-0.2, -0.15) is 0 Å². The number of hydrogen-bond acceptors (Lipinski definition) is 4. The number of ether oxygens (including phenoxy) is 1. The summed E-state index contributed by atoms with van der Waals surface area (Å²) in [5, 5.41) is 0. The predicted octanol–water partition coefficient (Wildman–Crippen LogP) is 3.82. The number of carbonyl (C=O) groups is 1. The molecule has 2 aromatic rings. The van der Waals surface area contributed by atoms with Gasteiger partial charge in [0.2, 0.25) is 0 Å². The van der Waals surface area contributed by atoms with Gasteiger partial charge in [0, 0.05) is 31.9 Å². The highest BCUT2D eigenvalue weighted by Crippen LogP contribution is 2.27. The lowest BCUT2D eigenvalue weighted by molar-refractivity contribution is -0.131. The van der Waals surface area contributed by atoms with Crippen LogP contribution in [0.5, 0.6) is 5.75 Å². The van der Waals surface area contributed by atoms with E-state index in [1.807, 2.05) is 38.4 Å². The number of esters is 1. The Morgan fingerprint density at radius 1 is 1.22 bits per heavy atom. The standard InChI is InChI=1S/C19H24N2O2/c1-13-10-17(11-14(2)19(13)23-16(4)22)12-21(5)15(3)18-6-8-20-9-7-18/h6-11,15H,12H2,1-5H3/t15-/m1/s1. The number of benzene rings is 1. The summed E-state index contributed by atoms with van der Waals surface area (Å²) in [5.74, 6) is 0.387. The van der Waals surface area contributed by atoms with Gasteiger partial charge < -0.3 is 4.74 Å². The lowest BCUT2D eigenvalue weighted by Crippen LogP contribution is -2.22. The maximum Gasteiger partial charge on any atom is 0.308 e. The summed E-state index contributed by atoms with van der Waals surface area (Å²) < 4.78 is 5.29. The molecule has 0 spiro atoms. The Morgan fingerprint density at radius 2 is 1.78 bits per heavy atom. The minimum absolute atomic E-state index is 0.285. The van der Waals surface area contributed by atoms with Crippen LogP contribution in [-0.2, 0) is 11.3 Å². The van der Waals surface area contributed by atoms with Gasteiger partial charge in [-0.25, -0.2) is 0 Å². The van der Waals surface area contributed by atoms with Gasteiger partial charge in [0.05, 0.1) is 0 Å². The summed E-state index contributed by atoms with van der Waals surface area (Å²) in [7, 11) is 2.11. The Kier molecular flexibility index (Phi) is 5.50. The molecule has 1 atom stereocenters. The number of aryl methyl sites for hydroxylation is 2. The Balaban J connectivity index is 2.15. The molecular formula is C19H24N2O2. The highest BCUT2D eigenvalue weighted by atomic mass is 16.5. The van der Waals surface area contributed by atoms with Crippen LogP contribution in [0.4, 0.5) is 0 Å². The third kappa shape index (κ3) is 4.39. The van der Waals surface area contributed by atoms with E-state index in [9.17, 15) is 4.79 Å². The highest BCUT2D eigenvalue weighted by molar-refractivity contribution is 5.70. The molecule has 4 heteroatoms. The minimum Gasteiger partial charge on any atom is -0.426 e. The molecule has 4 nitrogen and oxygen atoms in total. The van der Waals surface area contributed by atoms with Crippen LogP contribution >= 0.6 is 0 Å². The molecule has 23 heavy (non-hydrogen) atoms. The maximum atomic E-state index is 11.2. The summed E-state index contributed by atoms with van der Waals surface area (Å²) in [5.41, 5.74) is 4.42. The molecule has 0 aliphatic heterocycles. The zero-order valence-electron chi connectivity index (χ0n) is 14.5. The van der Waals surface area contributed by atoms with Crippen molar-refractivity contribution in [3.63, 3.8) is 0 Å². The quantitative estimate of drug-likeness (QED) is 0.622. The van der Waals surface area contributed by atoms with Gasteiger partial charge in [-0.15, -0.1) is 0 Å². The second-order valence-electron chi connectivity index (χ2n) is 6.02. The summed E-state index contributed by atoms with van der Waals surface area (Å²) >= 11 is 0. The largest absolute Gasteiger partial charge is 0.426 e. The van der Waals surface area contributed by atoms with Crippen molar-refractivity contribution >= 4 is 5.97 Å². The van der Waals surface area contributed by atoms with Gasteiger partial charge in [0.15, 0.2) is 0 Å². The van der Waals surface area contributed by atoms with Crippen molar-refractivity contribution in [1.29, 1.82) is 0 Å². The van der Waals surface area contributed by atoms with Gasteiger partial charge in [-0.3, -0.25) is 14.7 Å². The first-order chi connectivity index (χ1) is 10.9. The Labute approximate surface area is 138 Å². The van der Waals surface area contributed by atoms with Crippen molar-refractivity contribution < 1.29 is 9.53 Å². The number of nitrogens with zero attached hydrogens (tertiary/aromatic N) is 2. The summed E-state index contributed by atoms with van der Waals surface area (Å²) in [6, 6.07) is 8.55. The van der Waals surface area contributed by atoms with Crippen molar-refractivity contribution in [1.82, 2.24) is 9.88 Å². The number of pyridine rings is 1. The second-order valence-corrected chi connectivity index (χ2v) is 6.02. The third-order valence-corrected chi connectivity index (χ3v) is 4.05. The number of hydrogen-bond donors (Lipinski definition) is 0. The molecular weight excluding hydrogens is 288 g/mol. The molecule has 0 bridgehead atoms.